The number of rotatable bonds is 8. The molecule has 0 radical (unpaired) electrons. The summed E-state index contributed by atoms with van der Waals surface area (Å²) in [7, 11) is 1.58. The normalized spacial score (nSPS) is 26.3. The molecule has 4 atom stereocenters. The Morgan fingerprint density at radius 3 is 2.70 bits per heavy atom. The summed E-state index contributed by atoms with van der Waals surface area (Å²) in [5, 5.41) is 4.42. The van der Waals surface area contributed by atoms with Gasteiger partial charge in [0, 0.05) is 18.7 Å². The van der Waals surface area contributed by atoms with Crippen LogP contribution in [0.2, 0.25) is 0 Å². The van der Waals surface area contributed by atoms with Crippen molar-refractivity contribution in [1.29, 1.82) is 0 Å². The van der Waals surface area contributed by atoms with Crippen LogP contribution in [0.15, 0.2) is 35.4 Å². The van der Waals surface area contributed by atoms with Crippen LogP contribution in [0.25, 0.3) is 0 Å². The van der Waals surface area contributed by atoms with Crippen molar-refractivity contribution in [3.8, 4) is 0 Å². The van der Waals surface area contributed by atoms with E-state index in [9.17, 15) is 4.79 Å². The Bertz CT molecular complexity index is 718. The third-order valence-electron chi connectivity index (χ3n) is 4.93. The van der Waals surface area contributed by atoms with Gasteiger partial charge in [-0.3, -0.25) is 4.79 Å². The predicted molar refractivity (Wildman–Crippen MR) is 111 cm³/mol. The lowest BCUT2D eigenvalue weighted by molar-refractivity contribution is -0.243. The number of fused-ring (bicyclic) bond motifs is 1. The summed E-state index contributed by atoms with van der Waals surface area (Å²) in [6.45, 7) is 6.54. The van der Waals surface area contributed by atoms with Gasteiger partial charge in [-0.2, -0.15) is 5.10 Å². The van der Waals surface area contributed by atoms with Crippen molar-refractivity contribution in [3.63, 3.8) is 0 Å². The van der Waals surface area contributed by atoms with E-state index in [1.165, 1.54) is 0 Å². The fourth-order valence-corrected chi connectivity index (χ4v) is 3.64. The maximum absolute atomic E-state index is 12.2. The molecule has 3 rings (SSSR count). The van der Waals surface area contributed by atoms with E-state index >= 15 is 0 Å². The number of nitrogens with one attached hydrogen (secondary N) is 1. The Labute approximate surface area is 177 Å². The van der Waals surface area contributed by atoms with Crippen molar-refractivity contribution in [1.82, 2.24) is 5.43 Å². The number of methoxy groups -OCH3 is 1. The third kappa shape index (κ3) is 6.50. The van der Waals surface area contributed by atoms with E-state index in [1.807, 2.05) is 51.1 Å². The highest BCUT2D eigenvalue weighted by Gasteiger charge is 2.44. The Morgan fingerprint density at radius 1 is 1.23 bits per heavy atom. The van der Waals surface area contributed by atoms with Crippen LogP contribution in [0.1, 0.15) is 39.2 Å². The molecular formula is C22H32N2O6. The highest BCUT2D eigenvalue weighted by Crippen LogP contribution is 2.31. The summed E-state index contributed by atoms with van der Waals surface area (Å²) < 4.78 is 28.3. The number of esters is 1. The first-order chi connectivity index (χ1) is 14.4. The minimum Gasteiger partial charge on any atom is -0.460 e. The second kappa shape index (κ2) is 10.3. The summed E-state index contributed by atoms with van der Waals surface area (Å²) in [4.78, 5) is 12.2. The number of hydrazone groups is 1. The first-order valence-electron chi connectivity index (χ1n) is 10.3. The number of nitrogens with zero attached hydrogens (tertiary/aromatic N) is 1. The van der Waals surface area contributed by atoms with Crippen molar-refractivity contribution in [2.24, 2.45) is 11.0 Å². The number of ether oxygens (including phenoxy) is 5. The Hall–Kier alpha value is -2.00. The lowest BCUT2D eigenvalue weighted by atomic mass is 9.84. The van der Waals surface area contributed by atoms with Crippen LogP contribution in [0.3, 0.4) is 0 Å². The van der Waals surface area contributed by atoms with Crippen molar-refractivity contribution in [2.45, 2.75) is 64.3 Å². The van der Waals surface area contributed by atoms with Crippen LogP contribution in [0.5, 0.6) is 0 Å². The highest BCUT2D eigenvalue weighted by molar-refractivity contribution is 5.99. The molecule has 0 saturated carbocycles. The molecule has 2 heterocycles. The minimum absolute atomic E-state index is 0.0320. The second-order valence-electron chi connectivity index (χ2n) is 8.57. The van der Waals surface area contributed by atoms with Crippen molar-refractivity contribution in [2.75, 3.05) is 20.5 Å². The molecule has 1 N–H and O–H groups in total. The molecule has 8 heteroatoms. The van der Waals surface area contributed by atoms with E-state index in [1.54, 1.807) is 7.11 Å². The molecule has 2 aliphatic heterocycles. The summed E-state index contributed by atoms with van der Waals surface area (Å²) in [5.74, 6) is -0.260. The molecule has 0 aliphatic carbocycles. The number of carbonyl (C=O) groups is 1. The van der Waals surface area contributed by atoms with Crippen molar-refractivity contribution in [3.05, 3.63) is 35.9 Å². The molecule has 1 aromatic rings. The average molecular weight is 421 g/mol. The van der Waals surface area contributed by atoms with Crippen molar-refractivity contribution >= 4 is 11.7 Å². The third-order valence-corrected chi connectivity index (χ3v) is 4.93. The standard InChI is InChI=1S/C22H32N2O6/c1-22(2,3)30-19(25)11-16-10-17-18(29-14-26-4)13-28-21(20(17)24-23-16)27-12-15-8-6-5-7-9-15/h5-9,17-18,20-21,24H,10-14H2,1-4H3/t17-,18+,20-,21+/m1/s1. The maximum atomic E-state index is 12.2. The zero-order valence-corrected chi connectivity index (χ0v) is 18.1. The molecule has 1 aromatic carbocycles. The van der Waals surface area contributed by atoms with E-state index < -0.39 is 11.9 Å². The van der Waals surface area contributed by atoms with Crippen LogP contribution in [-0.4, -0.2) is 56.2 Å². The van der Waals surface area contributed by atoms with Crippen LogP contribution >= 0.6 is 0 Å². The lowest BCUT2D eigenvalue weighted by Gasteiger charge is -2.44. The molecule has 2 aliphatic rings. The monoisotopic (exact) mass is 420 g/mol. The van der Waals surface area contributed by atoms with Gasteiger partial charge in [-0.15, -0.1) is 0 Å². The molecule has 0 unspecified atom stereocenters. The van der Waals surface area contributed by atoms with E-state index in [0.717, 1.165) is 11.3 Å². The first-order valence-corrected chi connectivity index (χ1v) is 10.3. The number of hydrogen-bond donors (Lipinski definition) is 1. The van der Waals surface area contributed by atoms with Gasteiger partial charge in [0.25, 0.3) is 0 Å². The molecule has 0 spiro atoms. The van der Waals surface area contributed by atoms with E-state index in [2.05, 4.69) is 10.5 Å². The van der Waals surface area contributed by atoms with Crippen LogP contribution < -0.4 is 5.43 Å². The SMILES string of the molecule is COCO[C@H]1CO[C@H](OCc2ccccc2)[C@@H]2NN=C(CC(=O)OC(C)(C)C)C[C@@H]21. The van der Waals surface area contributed by atoms with Crippen LogP contribution in [0, 0.1) is 5.92 Å². The summed E-state index contributed by atoms with van der Waals surface area (Å²) in [5.41, 5.74) is 4.42. The Balaban J connectivity index is 1.65. The van der Waals surface area contributed by atoms with Gasteiger partial charge < -0.3 is 29.1 Å². The van der Waals surface area contributed by atoms with Gasteiger partial charge in [0.15, 0.2) is 6.29 Å². The van der Waals surface area contributed by atoms with Gasteiger partial charge in [0.2, 0.25) is 0 Å². The zero-order valence-electron chi connectivity index (χ0n) is 18.1. The minimum atomic E-state index is -0.526. The fraction of sp³-hybridized carbons (Fsp3) is 0.636. The molecule has 0 amide bonds. The van der Waals surface area contributed by atoms with Crippen molar-refractivity contribution < 1.29 is 28.5 Å². The fourth-order valence-electron chi connectivity index (χ4n) is 3.64. The van der Waals surface area contributed by atoms with Crippen LogP contribution in [0.4, 0.5) is 0 Å². The molecule has 30 heavy (non-hydrogen) atoms. The van der Waals surface area contributed by atoms with Gasteiger partial charge in [0.1, 0.15) is 18.4 Å². The number of hydrogen-bond acceptors (Lipinski definition) is 8. The molecule has 8 nitrogen and oxygen atoms in total. The number of benzene rings is 1. The molecule has 166 valence electrons. The predicted octanol–water partition coefficient (Wildman–Crippen LogP) is 2.61. The zero-order chi connectivity index (χ0) is 21.6. The van der Waals surface area contributed by atoms with Gasteiger partial charge in [-0.05, 0) is 32.8 Å². The topological polar surface area (TPSA) is 87.6 Å². The largest absolute Gasteiger partial charge is 0.460 e. The molecule has 1 saturated heterocycles. The maximum Gasteiger partial charge on any atom is 0.312 e. The lowest BCUT2D eigenvalue weighted by Crippen LogP contribution is -2.58. The molecule has 0 aromatic heterocycles. The van der Waals surface area contributed by atoms with Gasteiger partial charge in [-0.25, -0.2) is 0 Å². The van der Waals surface area contributed by atoms with Gasteiger partial charge >= 0.3 is 5.97 Å². The van der Waals surface area contributed by atoms with E-state index in [0.29, 0.717) is 19.6 Å². The van der Waals surface area contributed by atoms with E-state index in [4.69, 9.17) is 23.7 Å². The Kier molecular flexibility index (Phi) is 7.82. The quantitative estimate of drug-likeness (QED) is 0.511. The van der Waals surface area contributed by atoms with E-state index in [-0.39, 0.29) is 37.2 Å². The van der Waals surface area contributed by atoms with Gasteiger partial charge in [0.05, 0.1) is 25.7 Å². The average Bonchev–Trinajstić information content (AvgIpc) is 2.70. The summed E-state index contributed by atoms with van der Waals surface area (Å²) in [6, 6.07) is 9.75. The molecule has 1 fully saturated rings. The number of carbonyl (C=O) groups excluding carboxylic acids is 1. The summed E-state index contributed by atoms with van der Waals surface area (Å²) >= 11 is 0. The molecule has 0 bridgehead atoms. The Morgan fingerprint density at radius 2 is 2.00 bits per heavy atom. The first kappa shape index (κ1) is 22.7. The second-order valence-corrected chi connectivity index (χ2v) is 8.57. The smallest absolute Gasteiger partial charge is 0.312 e. The molecular weight excluding hydrogens is 388 g/mol. The summed E-state index contributed by atoms with van der Waals surface area (Å²) in [6.07, 6.45) is 0.0772. The highest BCUT2D eigenvalue weighted by atomic mass is 16.7. The van der Waals surface area contributed by atoms with Gasteiger partial charge in [-0.1, -0.05) is 30.3 Å². The van der Waals surface area contributed by atoms with Crippen LogP contribution in [-0.2, 0) is 35.1 Å².